The number of aliphatic carboxylic acids is 1. The van der Waals surface area contributed by atoms with Gasteiger partial charge in [-0.15, -0.1) is 0 Å². The highest BCUT2D eigenvalue weighted by molar-refractivity contribution is 5.74. The van der Waals surface area contributed by atoms with Crippen molar-refractivity contribution in [2.45, 2.75) is 276 Å². The molecule has 0 saturated carbocycles. The quantitative estimate of drug-likeness (QED) is 0.0228. The van der Waals surface area contributed by atoms with Crippen LogP contribution in [0.25, 0.3) is 0 Å². The number of unbranched alkanes of at least 4 members (excludes halogenated alkanes) is 21. The van der Waals surface area contributed by atoms with Crippen LogP contribution < -0.4 is 0 Å². The molecule has 1 rings (SSSR count). The zero-order valence-corrected chi connectivity index (χ0v) is 47.0. The minimum atomic E-state index is -1.92. The summed E-state index contributed by atoms with van der Waals surface area (Å²) in [4.78, 5) is 51.1. The first-order valence-corrected chi connectivity index (χ1v) is 29.6. The second-order valence-corrected chi connectivity index (χ2v) is 19.9. The number of esters is 3. The smallest absolute Gasteiger partial charge is 0.335 e. The average molecular weight is 1050 g/mol. The SMILES string of the molecule is CC/C=C\C/C=C\C/C=C\CCCCCCCC(=O)OC1C(OCC(COC(=O)CCCCCCCCC/C=C\CCCCCCCC)OC(=O)CCCCC/C=C\C/C=C\C/C=C\CC)OC(C(=O)O)C(O)C1O. The van der Waals surface area contributed by atoms with E-state index in [0.717, 1.165) is 116 Å². The molecule has 0 radical (unpaired) electrons. The number of ether oxygens (including phenoxy) is 5. The predicted octanol–water partition coefficient (Wildman–Crippen LogP) is 15.1. The van der Waals surface area contributed by atoms with Crippen molar-refractivity contribution in [3.05, 3.63) is 85.1 Å². The molecule has 1 saturated heterocycles. The summed E-state index contributed by atoms with van der Waals surface area (Å²) in [7, 11) is 0. The molecule has 0 spiro atoms. The lowest BCUT2D eigenvalue weighted by Crippen LogP contribution is -2.61. The number of carboxylic acids is 1. The predicted molar refractivity (Wildman–Crippen MR) is 303 cm³/mol. The Morgan fingerprint density at radius 3 is 1.31 bits per heavy atom. The summed E-state index contributed by atoms with van der Waals surface area (Å²) < 4.78 is 28.4. The van der Waals surface area contributed by atoms with Crippen LogP contribution in [0.4, 0.5) is 0 Å². The third-order valence-corrected chi connectivity index (χ3v) is 12.9. The van der Waals surface area contributed by atoms with E-state index in [4.69, 9.17) is 23.7 Å². The lowest BCUT2D eigenvalue weighted by molar-refractivity contribution is -0.301. The average Bonchev–Trinajstić information content (AvgIpc) is 3.39. The summed E-state index contributed by atoms with van der Waals surface area (Å²) in [6, 6.07) is 0. The number of allylic oxidation sites excluding steroid dienone is 14. The molecule has 12 heteroatoms. The maximum absolute atomic E-state index is 13.1. The van der Waals surface area contributed by atoms with Crippen LogP contribution in [0.3, 0.4) is 0 Å². The lowest BCUT2D eigenvalue weighted by atomic mass is 9.98. The number of rotatable bonds is 49. The van der Waals surface area contributed by atoms with Gasteiger partial charge in [-0.05, 0) is 109 Å². The highest BCUT2D eigenvalue weighted by Gasteiger charge is 2.50. The van der Waals surface area contributed by atoms with E-state index in [9.17, 15) is 34.5 Å². The molecule has 75 heavy (non-hydrogen) atoms. The van der Waals surface area contributed by atoms with E-state index in [0.29, 0.717) is 19.3 Å². The Kier molecular flexibility index (Phi) is 46.6. The third-order valence-electron chi connectivity index (χ3n) is 12.9. The lowest BCUT2D eigenvalue weighted by Gasteiger charge is -2.40. The molecular weight excluding hydrogens is 949 g/mol. The van der Waals surface area contributed by atoms with Crippen molar-refractivity contribution in [2.24, 2.45) is 0 Å². The third kappa shape index (κ3) is 40.8. The second-order valence-electron chi connectivity index (χ2n) is 19.9. The normalized spacial score (nSPS) is 18.8. The van der Waals surface area contributed by atoms with Gasteiger partial charge in [-0.3, -0.25) is 14.4 Å². The van der Waals surface area contributed by atoms with Gasteiger partial charge < -0.3 is 39.0 Å². The summed E-state index contributed by atoms with van der Waals surface area (Å²) in [5.74, 6) is -3.19. The summed E-state index contributed by atoms with van der Waals surface area (Å²) >= 11 is 0. The van der Waals surface area contributed by atoms with Gasteiger partial charge in [0.25, 0.3) is 0 Å². The van der Waals surface area contributed by atoms with Crippen LogP contribution in [-0.2, 0) is 42.9 Å². The van der Waals surface area contributed by atoms with Crippen molar-refractivity contribution in [3.8, 4) is 0 Å². The molecular formula is C63H104O12. The highest BCUT2D eigenvalue weighted by Crippen LogP contribution is 2.26. The van der Waals surface area contributed by atoms with Gasteiger partial charge in [0.15, 0.2) is 24.6 Å². The second kappa shape index (κ2) is 50.7. The van der Waals surface area contributed by atoms with Crippen LogP contribution >= 0.6 is 0 Å². The van der Waals surface area contributed by atoms with Crippen molar-refractivity contribution in [2.75, 3.05) is 13.2 Å². The van der Waals surface area contributed by atoms with Crippen LogP contribution in [-0.4, -0.2) is 89.2 Å². The van der Waals surface area contributed by atoms with Crippen LogP contribution in [0, 0.1) is 0 Å². The largest absolute Gasteiger partial charge is 0.479 e. The number of aliphatic hydroxyl groups is 2. The molecule has 0 aliphatic carbocycles. The molecule has 1 fully saturated rings. The monoisotopic (exact) mass is 1050 g/mol. The van der Waals surface area contributed by atoms with Gasteiger partial charge in [-0.2, -0.15) is 0 Å². The number of carboxylic acid groups (broad SMARTS) is 1. The Bertz CT molecular complexity index is 1630. The maximum atomic E-state index is 13.1. The molecule has 6 unspecified atom stereocenters. The summed E-state index contributed by atoms with van der Waals surface area (Å²) in [6.07, 6.45) is 52.7. The molecule has 1 aliphatic heterocycles. The van der Waals surface area contributed by atoms with Crippen molar-refractivity contribution in [1.82, 2.24) is 0 Å². The van der Waals surface area contributed by atoms with E-state index in [2.05, 4.69) is 106 Å². The van der Waals surface area contributed by atoms with E-state index >= 15 is 0 Å². The number of carbonyl (C=O) groups excluding carboxylic acids is 3. The Labute approximate surface area is 454 Å². The highest BCUT2D eigenvalue weighted by atomic mass is 16.7. The van der Waals surface area contributed by atoms with Gasteiger partial charge in [0, 0.05) is 19.3 Å². The van der Waals surface area contributed by atoms with Gasteiger partial charge in [0.2, 0.25) is 0 Å². The Hall–Kier alpha value is -4.10. The molecule has 0 aromatic carbocycles. The molecule has 428 valence electrons. The first-order valence-electron chi connectivity index (χ1n) is 29.6. The summed E-state index contributed by atoms with van der Waals surface area (Å²) in [5.41, 5.74) is 0. The van der Waals surface area contributed by atoms with Crippen molar-refractivity contribution in [3.63, 3.8) is 0 Å². The van der Waals surface area contributed by atoms with Gasteiger partial charge in [-0.25, -0.2) is 4.79 Å². The molecule has 12 nitrogen and oxygen atoms in total. The summed E-state index contributed by atoms with van der Waals surface area (Å²) in [6.45, 7) is 5.72. The van der Waals surface area contributed by atoms with Crippen LogP contribution in [0.1, 0.15) is 239 Å². The number of aliphatic hydroxyl groups excluding tert-OH is 2. The zero-order chi connectivity index (χ0) is 54.7. The number of hydrogen-bond acceptors (Lipinski definition) is 11. The molecule has 0 bridgehead atoms. The van der Waals surface area contributed by atoms with Crippen LogP contribution in [0.5, 0.6) is 0 Å². The first kappa shape index (κ1) is 68.9. The zero-order valence-electron chi connectivity index (χ0n) is 47.0. The van der Waals surface area contributed by atoms with Gasteiger partial charge in [-0.1, -0.05) is 196 Å². The fourth-order valence-electron chi connectivity index (χ4n) is 8.45. The standard InChI is InChI=1S/C63H104O12/c1-4-7-10-13-16-19-22-25-27-28-30-32-34-37-40-43-46-49-55(64)71-52-54(73-56(65)50-47-44-41-38-35-31-24-21-18-15-12-9-6-3)53-72-63-61(59(68)58(67)60(75-63)62(69)70)74-57(66)51-48-45-42-39-36-33-29-26-23-20-17-14-11-8-5-2/h8-9,11-12,17-18,20-21,25-27,29,31,35,54,58-61,63,67-68H,4-7,10,13-16,19,22-24,28,30,32-34,36-53H2,1-3H3,(H,69,70)/b11-8-,12-9-,20-17-,21-18-,27-25-,29-26-,35-31-. The van der Waals surface area contributed by atoms with Gasteiger partial charge in [0.1, 0.15) is 18.8 Å². The Morgan fingerprint density at radius 2 is 0.840 bits per heavy atom. The fraction of sp³-hybridized carbons (Fsp3) is 0.714. The topological polar surface area (TPSA) is 175 Å². The molecule has 1 heterocycles. The van der Waals surface area contributed by atoms with E-state index in [1.165, 1.54) is 64.2 Å². The minimum absolute atomic E-state index is 0.0341. The minimum Gasteiger partial charge on any atom is -0.479 e. The van der Waals surface area contributed by atoms with Crippen molar-refractivity contribution in [1.29, 1.82) is 0 Å². The molecule has 0 aromatic heterocycles. The molecule has 0 aromatic rings. The Balaban J connectivity index is 2.71. The first-order chi connectivity index (χ1) is 36.6. The molecule has 3 N–H and O–H groups in total. The maximum Gasteiger partial charge on any atom is 0.335 e. The Morgan fingerprint density at radius 1 is 0.453 bits per heavy atom. The number of hydrogen-bond donors (Lipinski definition) is 3. The molecule has 1 aliphatic rings. The van der Waals surface area contributed by atoms with Gasteiger partial charge in [0.05, 0.1) is 6.61 Å². The molecule has 6 atom stereocenters. The van der Waals surface area contributed by atoms with E-state index in [-0.39, 0.29) is 25.9 Å². The fourth-order valence-corrected chi connectivity index (χ4v) is 8.45. The number of carbonyl (C=O) groups is 4. The van der Waals surface area contributed by atoms with Crippen LogP contribution in [0.15, 0.2) is 85.1 Å². The van der Waals surface area contributed by atoms with Crippen molar-refractivity contribution >= 4 is 23.9 Å². The van der Waals surface area contributed by atoms with Crippen molar-refractivity contribution < 1.29 is 58.2 Å². The van der Waals surface area contributed by atoms with Crippen LogP contribution in [0.2, 0.25) is 0 Å². The molecule has 0 amide bonds. The van der Waals surface area contributed by atoms with E-state index < -0.39 is 67.3 Å². The summed E-state index contributed by atoms with van der Waals surface area (Å²) in [5, 5.41) is 31.5. The van der Waals surface area contributed by atoms with E-state index in [1.54, 1.807) is 0 Å². The van der Waals surface area contributed by atoms with E-state index in [1.807, 2.05) is 0 Å². The van der Waals surface area contributed by atoms with Gasteiger partial charge >= 0.3 is 23.9 Å².